The second-order valence-corrected chi connectivity index (χ2v) is 4.50. The van der Waals surface area contributed by atoms with Crippen molar-refractivity contribution >= 4 is 22.4 Å². The van der Waals surface area contributed by atoms with E-state index in [0.29, 0.717) is 11.6 Å². The number of anilines is 2. The molecule has 0 aliphatic heterocycles. The average molecular weight is 249 g/mol. The number of hydrogen-bond acceptors (Lipinski definition) is 5. The molecule has 0 spiro atoms. The van der Waals surface area contributed by atoms with Gasteiger partial charge in [-0.2, -0.15) is 4.37 Å². The van der Waals surface area contributed by atoms with Crippen molar-refractivity contribution in [1.29, 1.82) is 0 Å². The van der Waals surface area contributed by atoms with E-state index in [9.17, 15) is 0 Å². The zero-order valence-corrected chi connectivity index (χ0v) is 10.7. The van der Waals surface area contributed by atoms with Gasteiger partial charge in [0.15, 0.2) is 16.6 Å². The lowest BCUT2D eigenvalue weighted by Crippen LogP contribution is -2.15. The summed E-state index contributed by atoms with van der Waals surface area (Å²) >= 11 is 1.35. The van der Waals surface area contributed by atoms with Gasteiger partial charge in [0, 0.05) is 13.6 Å². The van der Waals surface area contributed by atoms with Crippen molar-refractivity contribution in [1.82, 2.24) is 4.37 Å². The van der Waals surface area contributed by atoms with Gasteiger partial charge in [0.25, 0.3) is 0 Å². The summed E-state index contributed by atoms with van der Waals surface area (Å²) in [4.78, 5) is 2.09. The lowest BCUT2D eigenvalue weighted by molar-refractivity contribution is 0.418. The van der Waals surface area contributed by atoms with Crippen LogP contribution in [0.25, 0.3) is 0 Å². The topological polar surface area (TPSA) is 51.4 Å². The number of aromatic nitrogens is 1. The third-order valence-corrected chi connectivity index (χ3v) is 3.43. The number of ether oxygens (including phenoxy) is 1. The Hall–Kier alpha value is -1.75. The summed E-state index contributed by atoms with van der Waals surface area (Å²) in [7, 11) is 3.61. The maximum Gasteiger partial charge on any atom is 0.197 e. The van der Waals surface area contributed by atoms with Crippen LogP contribution < -0.4 is 15.4 Å². The summed E-state index contributed by atoms with van der Waals surface area (Å²) in [5, 5.41) is 0.953. The van der Waals surface area contributed by atoms with Gasteiger partial charge in [-0.15, -0.1) is 0 Å². The van der Waals surface area contributed by atoms with Crippen LogP contribution in [0, 0.1) is 0 Å². The Labute approximate surface area is 105 Å². The summed E-state index contributed by atoms with van der Waals surface area (Å²) in [6.07, 6.45) is 0. The Morgan fingerprint density at radius 2 is 2.06 bits per heavy atom. The quantitative estimate of drug-likeness (QED) is 0.903. The fourth-order valence-electron chi connectivity index (χ4n) is 1.65. The van der Waals surface area contributed by atoms with Gasteiger partial charge < -0.3 is 15.4 Å². The third kappa shape index (κ3) is 2.50. The minimum atomic E-state index is 0.451. The van der Waals surface area contributed by atoms with E-state index in [-0.39, 0.29) is 0 Å². The van der Waals surface area contributed by atoms with Crippen LogP contribution in [0.5, 0.6) is 5.75 Å². The number of nitrogens with zero attached hydrogens (tertiary/aromatic N) is 2. The third-order valence-electron chi connectivity index (χ3n) is 2.47. The van der Waals surface area contributed by atoms with E-state index in [2.05, 4.69) is 21.4 Å². The number of hydrogen-bond donors (Lipinski definition) is 1. The first-order valence-electron chi connectivity index (χ1n) is 5.26. The van der Waals surface area contributed by atoms with Gasteiger partial charge in [-0.05, 0) is 17.1 Å². The van der Waals surface area contributed by atoms with Crippen molar-refractivity contribution in [3.05, 3.63) is 35.9 Å². The molecule has 1 aromatic heterocycles. The van der Waals surface area contributed by atoms with Gasteiger partial charge in [0.2, 0.25) is 0 Å². The zero-order chi connectivity index (χ0) is 12.3. The van der Waals surface area contributed by atoms with E-state index in [1.54, 1.807) is 7.11 Å². The molecule has 0 unspecified atom stereocenters. The van der Waals surface area contributed by atoms with E-state index in [1.165, 1.54) is 17.1 Å². The minimum Gasteiger partial charge on any atom is -0.490 e. The highest BCUT2D eigenvalue weighted by atomic mass is 32.1. The highest BCUT2D eigenvalue weighted by Gasteiger charge is 2.15. The lowest BCUT2D eigenvalue weighted by Gasteiger charge is -2.17. The van der Waals surface area contributed by atoms with Crippen LogP contribution in [0.4, 0.5) is 10.8 Å². The lowest BCUT2D eigenvalue weighted by atomic mass is 10.2. The van der Waals surface area contributed by atoms with E-state index < -0.39 is 0 Å². The van der Waals surface area contributed by atoms with Crippen molar-refractivity contribution in [2.75, 3.05) is 24.8 Å². The number of rotatable bonds is 4. The molecule has 0 amide bonds. The van der Waals surface area contributed by atoms with Crippen LogP contribution in [0.1, 0.15) is 5.56 Å². The molecule has 2 aromatic rings. The van der Waals surface area contributed by atoms with Crippen molar-refractivity contribution in [3.8, 4) is 5.75 Å². The summed E-state index contributed by atoms with van der Waals surface area (Å²) in [5.74, 6) is 1.11. The Balaban J connectivity index is 2.17. The minimum absolute atomic E-state index is 0.451. The van der Waals surface area contributed by atoms with Crippen LogP contribution in [0.2, 0.25) is 0 Å². The summed E-state index contributed by atoms with van der Waals surface area (Å²) in [6, 6.07) is 10.2. The van der Waals surface area contributed by atoms with E-state index in [0.717, 1.165) is 11.5 Å². The molecular formula is C12H15N3OS. The number of benzene rings is 1. The SMILES string of the molecule is COc1c(N)nsc1N(C)Cc1ccccc1. The predicted octanol–water partition coefficient (Wildman–Crippen LogP) is 2.37. The van der Waals surface area contributed by atoms with Crippen molar-refractivity contribution in [3.63, 3.8) is 0 Å². The molecule has 0 aliphatic carbocycles. The van der Waals surface area contributed by atoms with Gasteiger partial charge in [-0.25, -0.2) is 0 Å². The van der Waals surface area contributed by atoms with E-state index >= 15 is 0 Å². The first-order chi connectivity index (χ1) is 8.22. The first-order valence-corrected chi connectivity index (χ1v) is 6.04. The molecule has 0 radical (unpaired) electrons. The van der Waals surface area contributed by atoms with Crippen LogP contribution >= 0.6 is 11.5 Å². The van der Waals surface area contributed by atoms with Crippen molar-refractivity contribution in [2.24, 2.45) is 0 Å². The van der Waals surface area contributed by atoms with E-state index in [1.807, 2.05) is 25.2 Å². The molecule has 90 valence electrons. The van der Waals surface area contributed by atoms with Gasteiger partial charge in [0.1, 0.15) is 0 Å². The van der Waals surface area contributed by atoms with Gasteiger partial charge in [-0.3, -0.25) is 0 Å². The number of nitrogens with two attached hydrogens (primary N) is 1. The van der Waals surface area contributed by atoms with E-state index in [4.69, 9.17) is 10.5 Å². The highest BCUT2D eigenvalue weighted by Crippen LogP contribution is 2.37. The highest BCUT2D eigenvalue weighted by molar-refractivity contribution is 7.11. The second kappa shape index (κ2) is 5.05. The molecule has 0 saturated heterocycles. The first kappa shape index (κ1) is 11.7. The maximum absolute atomic E-state index is 5.73. The molecule has 17 heavy (non-hydrogen) atoms. The summed E-state index contributed by atoms with van der Waals surface area (Å²) in [5.41, 5.74) is 6.97. The molecule has 2 N–H and O–H groups in total. The molecule has 0 bridgehead atoms. The molecule has 1 aromatic carbocycles. The fourth-order valence-corrected chi connectivity index (χ4v) is 2.39. The number of methoxy groups -OCH3 is 1. The van der Waals surface area contributed by atoms with Crippen molar-refractivity contribution < 1.29 is 4.74 Å². The van der Waals surface area contributed by atoms with Gasteiger partial charge >= 0.3 is 0 Å². The largest absolute Gasteiger partial charge is 0.490 e. The molecular weight excluding hydrogens is 234 g/mol. The molecule has 0 saturated carbocycles. The van der Waals surface area contributed by atoms with Gasteiger partial charge in [-0.1, -0.05) is 30.3 Å². The van der Waals surface area contributed by atoms with Crippen LogP contribution in [0.3, 0.4) is 0 Å². The van der Waals surface area contributed by atoms with Crippen LogP contribution in [-0.4, -0.2) is 18.5 Å². The Morgan fingerprint density at radius 1 is 1.35 bits per heavy atom. The Kier molecular flexibility index (Phi) is 3.49. The van der Waals surface area contributed by atoms with Crippen LogP contribution in [-0.2, 0) is 6.54 Å². The molecule has 0 atom stereocenters. The molecule has 0 fully saturated rings. The summed E-state index contributed by atoms with van der Waals surface area (Å²) < 4.78 is 9.36. The summed E-state index contributed by atoms with van der Waals surface area (Å²) in [6.45, 7) is 0.804. The second-order valence-electron chi connectivity index (χ2n) is 3.75. The maximum atomic E-state index is 5.73. The average Bonchev–Trinajstić information content (AvgIpc) is 2.71. The monoisotopic (exact) mass is 249 g/mol. The number of nitrogen functional groups attached to an aromatic ring is 1. The molecule has 0 aliphatic rings. The normalized spacial score (nSPS) is 10.2. The molecule has 5 heteroatoms. The molecule has 1 heterocycles. The fraction of sp³-hybridized carbons (Fsp3) is 0.250. The molecule has 4 nitrogen and oxygen atoms in total. The van der Waals surface area contributed by atoms with Crippen molar-refractivity contribution in [2.45, 2.75) is 6.54 Å². The standard InChI is InChI=1S/C12H15N3OS/c1-15(8-9-6-4-3-5-7-9)12-10(16-2)11(13)14-17-12/h3-7H,8H2,1-2H3,(H2,13,14). The zero-order valence-electron chi connectivity index (χ0n) is 9.88. The van der Waals surface area contributed by atoms with Crippen LogP contribution in [0.15, 0.2) is 30.3 Å². The van der Waals surface area contributed by atoms with Gasteiger partial charge in [0.05, 0.1) is 7.11 Å². The Bertz CT molecular complexity index is 484. The Morgan fingerprint density at radius 3 is 2.71 bits per heavy atom. The smallest absolute Gasteiger partial charge is 0.197 e. The predicted molar refractivity (Wildman–Crippen MR) is 71.6 cm³/mol. The molecule has 2 rings (SSSR count).